The number of hydrogen-bond donors (Lipinski definition) is 0. The number of nitrogens with zero attached hydrogens (tertiary/aromatic N) is 1. The molecule has 0 unspecified atom stereocenters. The van der Waals surface area contributed by atoms with Crippen LogP contribution in [0.5, 0.6) is 0 Å². The summed E-state index contributed by atoms with van der Waals surface area (Å²) in [4.78, 5) is 12.6. The standard InChI is InChI=1S/C18H19BrClNO/c1-21(19)12-11-18(22)17(15-5-3-2-4-6-15)13-14-7-9-16(20)10-8-14/h3,5-10,13H,2,4,11-12H2,1H3/b17-13-. The van der Waals surface area contributed by atoms with Crippen LogP contribution in [0.4, 0.5) is 0 Å². The Balaban J connectivity index is 2.28. The lowest BCUT2D eigenvalue weighted by Crippen LogP contribution is -2.14. The molecule has 0 bridgehead atoms. The van der Waals surface area contributed by atoms with Gasteiger partial charge in [0.15, 0.2) is 5.78 Å². The normalized spacial score (nSPS) is 15.1. The minimum Gasteiger partial charge on any atom is -0.294 e. The summed E-state index contributed by atoms with van der Waals surface area (Å²) >= 11 is 9.26. The lowest BCUT2D eigenvalue weighted by molar-refractivity contribution is -0.115. The predicted molar refractivity (Wildman–Crippen MR) is 97.1 cm³/mol. The molecular weight excluding hydrogens is 362 g/mol. The van der Waals surface area contributed by atoms with Gasteiger partial charge in [-0.15, -0.1) is 0 Å². The molecule has 0 heterocycles. The van der Waals surface area contributed by atoms with Crippen molar-refractivity contribution in [1.29, 1.82) is 0 Å². The maximum absolute atomic E-state index is 12.6. The quantitative estimate of drug-likeness (QED) is 0.499. The average molecular weight is 381 g/mol. The van der Waals surface area contributed by atoms with Crippen LogP contribution in [0.2, 0.25) is 5.02 Å². The molecule has 2 nitrogen and oxygen atoms in total. The molecule has 116 valence electrons. The van der Waals surface area contributed by atoms with E-state index in [2.05, 4.69) is 28.3 Å². The van der Waals surface area contributed by atoms with E-state index in [4.69, 9.17) is 11.6 Å². The highest BCUT2D eigenvalue weighted by molar-refractivity contribution is 9.07. The Hall–Kier alpha value is -1.16. The van der Waals surface area contributed by atoms with Gasteiger partial charge in [0, 0.05) is 39.7 Å². The van der Waals surface area contributed by atoms with Crippen molar-refractivity contribution in [3.05, 3.63) is 64.2 Å². The van der Waals surface area contributed by atoms with Gasteiger partial charge in [-0.1, -0.05) is 42.0 Å². The van der Waals surface area contributed by atoms with Crippen LogP contribution in [-0.2, 0) is 4.79 Å². The van der Waals surface area contributed by atoms with E-state index >= 15 is 0 Å². The molecule has 2 rings (SSSR count). The maximum Gasteiger partial charge on any atom is 0.164 e. The average Bonchev–Trinajstić information content (AvgIpc) is 2.53. The Morgan fingerprint density at radius 3 is 2.64 bits per heavy atom. The molecule has 0 N–H and O–H groups in total. The number of allylic oxidation sites excluding steroid dienone is 5. The molecule has 0 fully saturated rings. The van der Waals surface area contributed by atoms with Crippen LogP contribution in [0, 0.1) is 0 Å². The lowest BCUT2D eigenvalue weighted by atomic mass is 9.93. The Morgan fingerprint density at radius 2 is 2.05 bits per heavy atom. The molecule has 1 aliphatic carbocycles. The predicted octanol–water partition coefficient (Wildman–Crippen LogP) is 5.20. The Labute approximate surface area is 145 Å². The molecule has 0 atom stereocenters. The minimum absolute atomic E-state index is 0.152. The molecule has 1 aromatic carbocycles. The summed E-state index contributed by atoms with van der Waals surface area (Å²) in [5, 5.41) is 0.697. The molecule has 0 spiro atoms. The van der Waals surface area contributed by atoms with Gasteiger partial charge in [0.25, 0.3) is 0 Å². The molecule has 0 radical (unpaired) electrons. The molecule has 1 aliphatic rings. The van der Waals surface area contributed by atoms with E-state index in [0.29, 0.717) is 18.0 Å². The zero-order valence-corrected chi connectivity index (χ0v) is 14.9. The highest BCUT2D eigenvalue weighted by Crippen LogP contribution is 2.23. The third-order valence-electron chi connectivity index (χ3n) is 3.43. The third kappa shape index (κ3) is 5.24. The van der Waals surface area contributed by atoms with Crippen LogP contribution in [-0.4, -0.2) is 23.3 Å². The maximum atomic E-state index is 12.6. The fourth-order valence-electron chi connectivity index (χ4n) is 2.25. The number of carbonyl (C=O) groups is 1. The monoisotopic (exact) mass is 379 g/mol. The van der Waals surface area contributed by atoms with Gasteiger partial charge in [-0.2, -0.15) is 0 Å². The molecule has 1 aromatic rings. The molecular formula is C18H19BrClNO. The van der Waals surface area contributed by atoms with Gasteiger partial charge in [-0.25, -0.2) is 3.93 Å². The molecule has 4 heteroatoms. The zero-order chi connectivity index (χ0) is 15.9. The number of halogens is 2. The van der Waals surface area contributed by atoms with Crippen LogP contribution in [0.1, 0.15) is 24.8 Å². The first kappa shape index (κ1) is 17.2. The number of carbonyl (C=O) groups excluding carboxylic acids is 1. The largest absolute Gasteiger partial charge is 0.294 e. The van der Waals surface area contributed by atoms with Crippen molar-refractivity contribution in [2.45, 2.75) is 19.3 Å². The summed E-state index contributed by atoms with van der Waals surface area (Å²) in [5.41, 5.74) is 2.77. The summed E-state index contributed by atoms with van der Waals surface area (Å²) in [6.07, 6.45) is 10.7. The van der Waals surface area contributed by atoms with Gasteiger partial charge >= 0.3 is 0 Å². The smallest absolute Gasteiger partial charge is 0.164 e. The van der Waals surface area contributed by atoms with Gasteiger partial charge in [0.1, 0.15) is 0 Å². The Kier molecular flexibility index (Phi) is 6.62. The van der Waals surface area contributed by atoms with Gasteiger partial charge < -0.3 is 0 Å². The van der Waals surface area contributed by atoms with Crippen molar-refractivity contribution in [2.75, 3.05) is 13.6 Å². The van der Waals surface area contributed by atoms with Gasteiger partial charge in [0.2, 0.25) is 0 Å². The lowest BCUT2D eigenvalue weighted by Gasteiger charge is -2.13. The molecule has 0 aromatic heterocycles. The molecule has 0 aliphatic heterocycles. The second-order valence-electron chi connectivity index (χ2n) is 5.25. The van der Waals surface area contributed by atoms with Crippen LogP contribution in [0.15, 0.2) is 53.6 Å². The first-order chi connectivity index (χ1) is 10.6. The summed E-state index contributed by atoms with van der Waals surface area (Å²) in [7, 11) is 1.90. The summed E-state index contributed by atoms with van der Waals surface area (Å²) in [5.74, 6) is 0.152. The number of Topliss-reactive ketones (excluding diaryl/α,β-unsaturated/α-hetero) is 1. The number of ketones is 1. The third-order valence-corrected chi connectivity index (χ3v) is 4.04. The van der Waals surface area contributed by atoms with Crippen molar-refractivity contribution in [3.8, 4) is 0 Å². The minimum atomic E-state index is 0.152. The van der Waals surface area contributed by atoms with Crippen molar-refractivity contribution < 1.29 is 4.79 Å². The highest BCUT2D eigenvalue weighted by Gasteiger charge is 2.14. The first-order valence-electron chi connectivity index (χ1n) is 7.31. The number of hydrogen-bond acceptors (Lipinski definition) is 2. The van der Waals surface area contributed by atoms with Gasteiger partial charge in [-0.05, 0) is 49.2 Å². The van der Waals surface area contributed by atoms with Crippen molar-refractivity contribution >= 4 is 39.6 Å². The molecule has 0 amide bonds. The zero-order valence-electron chi connectivity index (χ0n) is 12.6. The van der Waals surface area contributed by atoms with Crippen molar-refractivity contribution in [2.24, 2.45) is 0 Å². The van der Waals surface area contributed by atoms with E-state index in [0.717, 1.165) is 29.6 Å². The van der Waals surface area contributed by atoms with E-state index in [9.17, 15) is 4.79 Å². The fraction of sp³-hybridized carbons (Fsp3) is 0.278. The van der Waals surface area contributed by atoms with Crippen LogP contribution in [0.3, 0.4) is 0 Å². The SMILES string of the molecule is CN(Br)CCC(=O)/C(=C\c1ccc(Cl)cc1)C1=CCCC=C1. The number of benzene rings is 1. The van der Waals surface area contributed by atoms with Crippen molar-refractivity contribution in [1.82, 2.24) is 3.93 Å². The van der Waals surface area contributed by atoms with Crippen LogP contribution in [0.25, 0.3) is 6.08 Å². The van der Waals surface area contributed by atoms with Crippen LogP contribution < -0.4 is 0 Å². The summed E-state index contributed by atoms with van der Waals surface area (Å²) in [6.45, 7) is 0.674. The Bertz CT molecular complexity index is 614. The topological polar surface area (TPSA) is 20.3 Å². The van der Waals surface area contributed by atoms with Gasteiger partial charge in [0.05, 0.1) is 0 Å². The van der Waals surface area contributed by atoms with Crippen molar-refractivity contribution in [3.63, 3.8) is 0 Å². The van der Waals surface area contributed by atoms with Crippen LogP contribution >= 0.6 is 27.7 Å². The van der Waals surface area contributed by atoms with E-state index in [-0.39, 0.29) is 5.78 Å². The van der Waals surface area contributed by atoms with E-state index in [1.807, 2.05) is 47.4 Å². The number of rotatable bonds is 6. The Morgan fingerprint density at radius 1 is 1.32 bits per heavy atom. The molecule has 0 saturated heterocycles. The first-order valence-corrected chi connectivity index (χ1v) is 8.39. The molecule has 0 saturated carbocycles. The van der Waals surface area contributed by atoms with E-state index in [1.165, 1.54) is 0 Å². The summed E-state index contributed by atoms with van der Waals surface area (Å²) in [6, 6.07) is 7.54. The fourth-order valence-corrected chi connectivity index (χ4v) is 2.56. The van der Waals surface area contributed by atoms with E-state index < -0.39 is 0 Å². The van der Waals surface area contributed by atoms with Gasteiger partial charge in [-0.3, -0.25) is 4.79 Å². The van der Waals surface area contributed by atoms with E-state index in [1.54, 1.807) is 0 Å². The summed E-state index contributed by atoms with van der Waals surface area (Å²) < 4.78 is 1.84. The molecule has 22 heavy (non-hydrogen) atoms. The second-order valence-corrected chi connectivity index (χ2v) is 6.90. The second kappa shape index (κ2) is 8.47. The highest BCUT2D eigenvalue weighted by atomic mass is 79.9.